The summed E-state index contributed by atoms with van der Waals surface area (Å²) in [6.07, 6.45) is 0. The summed E-state index contributed by atoms with van der Waals surface area (Å²) < 4.78 is 30.4. The SMILES string of the molecule is Cc1nc(C(=O)Nc2ccc(C(=O)c3ccccc3)cc2)nn1-c1ccc(OC(F)F)cc1. The minimum atomic E-state index is -2.91. The Bertz CT molecular complexity index is 1270. The van der Waals surface area contributed by atoms with Gasteiger partial charge in [-0.15, -0.1) is 5.10 Å². The lowest BCUT2D eigenvalue weighted by atomic mass is 10.0. The Kier molecular flexibility index (Phi) is 6.21. The second-order valence-corrected chi connectivity index (χ2v) is 6.99. The van der Waals surface area contributed by atoms with E-state index in [1.807, 2.05) is 6.07 Å². The molecule has 4 aromatic rings. The van der Waals surface area contributed by atoms with Gasteiger partial charge in [0.15, 0.2) is 5.78 Å². The molecule has 33 heavy (non-hydrogen) atoms. The van der Waals surface area contributed by atoms with Crippen molar-refractivity contribution in [2.75, 3.05) is 5.32 Å². The Labute approximate surface area is 187 Å². The number of hydrogen-bond donors (Lipinski definition) is 1. The van der Waals surface area contributed by atoms with E-state index in [2.05, 4.69) is 20.1 Å². The van der Waals surface area contributed by atoms with Gasteiger partial charge >= 0.3 is 6.61 Å². The number of rotatable bonds is 7. The van der Waals surface area contributed by atoms with Gasteiger partial charge in [-0.2, -0.15) is 8.78 Å². The first-order chi connectivity index (χ1) is 15.9. The molecule has 7 nitrogen and oxygen atoms in total. The zero-order chi connectivity index (χ0) is 23.4. The number of carbonyl (C=O) groups is 2. The van der Waals surface area contributed by atoms with E-state index >= 15 is 0 Å². The fourth-order valence-corrected chi connectivity index (χ4v) is 3.15. The Morgan fingerprint density at radius 1 is 0.909 bits per heavy atom. The lowest BCUT2D eigenvalue weighted by molar-refractivity contribution is -0.0498. The summed E-state index contributed by atoms with van der Waals surface area (Å²) in [5.74, 6) is -0.263. The van der Waals surface area contributed by atoms with Crippen molar-refractivity contribution in [3.63, 3.8) is 0 Å². The van der Waals surface area contributed by atoms with Crippen molar-refractivity contribution in [3.05, 3.63) is 102 Å². The lowest BCUT2D eigenvalue weighted by Gasteiger charge is -2.06. The number of hydrogen-bond acceptors (Lipinski definition) is 5. The molecule has 3 aromatic carbocycles. The molecule has 0 bridgehead atoms. The van der Waals surface area contributed by atoms with Gasteiger partial charge in [0.25, 0.3) is 5.91 Å². The van der Waals surface area contributed by atoms with Crippen molar-refractivity contribution in [1.29, 1.82) is 0 Å². The summed E-state index contributed by atoms with van der Waals surface area (Å²) in [7, 11) is 0. The number of nitrogens with zero attached hydrogens (tertiary/aromatic N) is 3. The molecular weight excluding hydrogens is 430 g/mol. The van der Waals surface area contributed by atoms with E-state index in [9.17, 15) is 18.4 Å². The van der Waals surface area contributed by atoms with Crippen LogP contribution in [0.5, 0.6) is 5.75 Å². The fourth-order valence-electron chi connectivity index (χ4n) is 3.15. The maximum Gasteiger partial charge on any atom is 0.387 e. The smallest absolute Gasteiger partial charge is 0.387 e. The minimum Gasteiger partial charge on any atom is -0.435 e. The van der Waals surface area contributed by atoms with Crippen molar-refractivity contribution < 1.29 is 23.1 Å². The van der Waals surface area contributed by atoms with Crippen molar-refractivity contribution in [3.8, 4) is 11.4 Å². The molecule has 9 heteroatoms. The van der Waals surface area contributed by atoms with Crippen LogP contribution in [0.1, 0.15) is 32.4 Å². The monoisotopic (exact) mass is 448 g/mol. The number of alkyl halides is 2. The quantitative estimate of drug-likeness (QED) is 0.416. The highest BCUT2D eigenvalue weighted by Gasteiger charge is 2.16. The molecule has 0 radical (unpaired) electrons. The third-order valence-corrected chi connectivity index (χ3v) is 4.72. The lowest BCUT2D eigenvalue weighted by Crippen LogP contribution is -2.14. The summed E-state index contributed by atoms with van der Waals surface area (Å²) in [5.41, 5.74) is 2.08. The molecule has 0 aliphatic carbocycles. The van der Waals surface area contributed by atoms with Gasteiger partial charge in [-0.05, 0) is 55.5 Å². The summed E-state index contributed by atoms with van der Waals surface area (Å²) in [6, 6.07) is 21.2. The number of halogens is 2. The van der Waals surface area contributed by atoms with Gasteiger partial charge in [-0.3, -0.25) is 9.59 Å². The molecule has 0 aliphatic heterocycles. The Hall–Kier alpha value is -4.40. The highest BCUT2D eigenvalue weighted by molar-refractivity contribution is 6.09. The van der Waals surface area contributed by atoms with Gasteiger partial charge in [0, 0.05) is 16.8 Å². The number of ketones is 1. The van der Waals surface area contributed by atoms with Gasteiger partial charge < -0.3 is 10.1 Å². The van der Waals surface area contributed by atoms with Crippen molar-refractivity contribution in [2.24, 2.45) is 0 Å². The predicted octanol–water partition coefficient (Wildman–Crippen LogP) is 4.66. The number of aromatic nitrogens is 3. The number of benzene rings is 3. The molecule has 0 atom stereocenters. The number of carbonyl (C=O) groups excluding carboxylic acids is 2. The maximum absolute atomic E-state index is 12.6. The van der Waals surface area contributed by atoms with E-state index in [0.29, 0.717) is 28.3 Å². The molecule has 0 saturated heterocycles. The van der Waals surface area contributed by atoms with Crippen LogP contribution in [-0.4, -0.2) is 33.1 Å². The highest BCUT2D eigenvalue weighted by Crippen LogP contribution is 2.19. The summed E-state index contributed by atoms with van der Waals surface area (Å²) in [4.78, 5) is 29.3. The largest absolute Gasteiger partial charge is 0.435 e. The molecule has 1 N–H and O–H groups in total. The third kappa shape index (κ3) is 5.09. The summed E-state index contributed by atoms with van der Waals surface area (Å²) >= 11 is 0. The number of nitrogens with one attached hydrogen (secondary N) is 1. The molecule has 0 aliphatic rings. The number of anilines is 1. The molecular formula is C24H18F2N4O3. The normalized spacial score (nSPS) is 10.8. The minimum absolute atomic E-state index is 0.0127. The summed E-state index contributed by atoms with van der Waals surface area (Å²) in [5, 5.41) is 6.90. The Balaban J connectivity index is 1.45. The van der Waals surface area contributed by atoms with Gasteiger partial charge in [-0.1, -0.05) is 30.3 Å². The van der Waals surface area contributed by atoms with Crippen LogP contribution in [-0.2, 0) is 0 Å². The van der Waals surface area contributed by atoms with Gasteiger partial charge in [0.1, 0.15) is 11.6 Å². The van der Waals surface area contributed by atoms with Crippen LogP contribution in [0.2, 0.25) is 0 Å². The summed E-state index contributed by atoms with van der Waals surface area (Å²) in [6.45, 7) is -1.25. The molecule has 1 amide bonds. The van der Waals surface area contributed by atoms with Crippen LogP contribution in [0.25, 0.3) is 5.69 Å². The molecule has 1 aromatic heterocycles. The highest BCUT2D eigenvalue weighted by atomic mass is 19.3. The zero-order valence-electron chi connectivity index (χ0n) is 17.4. The van der Waals surface area contributed by atoms with Gasteiger partial charge in [0.2, 0.25) is 5.82 Å². The van der Waals surface area contributed by atoms with E-state index in [0.717, 1.165) is 0 Å². The van der Waals surface area contributed by atoms with E-state index in [1.54, 1.807) is 55.5 Å². The van der Waals surface area contributed by atoms with Gasteiger partial charge in [0.05, 0.1) is 5.69 Å². The topological polar surface area (TPSA) is 86.1 Å². The van der Waals surface area contributed by atoms with E-state index in [4.69, 9.17) is 0 Å². The van der Waals surface area contributed by atoms with Crippen LogP contribution in [0.3, 0.4) is 0 Å². The van der Waals surface area contributed by atoms with Crippen molar-refractivity contribution in [2.45, 2.75) is 13.5 Å². The molecule has 166 valence electrons. The first-order valence-electron chi connectivity index (χ1n) is 9.91. The van der Waals surface area contributed by atoms with Crippen LogP contribution in [0.15, 0.2) is 78.9 Å². The fraction of sp³-hybridized carbons (Fsp3) is 0.0833. The number of aryl methyl sites for hydroxylation is 1. The maximum atomic E-state index is 12.6. The molecule has 1 heterocycles. The molecule has 0 saturated carbocycles. The predicted molar refractivity (Wildman–Crippen MR) is 117 cm³/mol. The Morgan fingerprint density at radius 2 is 1.55 bits per heavy atom. The van der Waals surface area contributed by atoms with Gasteiger partial charge in [-0.25, -0.2) is 9.67 Å². The first kappa shape index (κ1) is 21.8. The van der Waals surface area contributed by atoms with Crippen molar-refractivity contribution >= 4 is 17.4 Å². The van der Waals surface area contributed by atoms with E-state index in [1.165, 1.54) is 28.9 Å². The number of ether oxygens (including phenoxy) is 1. The molecule has 0 fully saturated rings. The first-order valence-corrected chi connectivity index (χ1v) is 9.91. The average Bonchev–Trinajstić information content (AvgIpc) is 3.21. The van der Waals surface area contributed by atoms with Crippen LogP contribution in [0, 0.1) is 6.92 Å². The third-order valence-electron chi connectivity index (χ3n) is 4.72. The van der Waals surface area contributed by atoms with Crippen LogP contribution < -0.4 is 10.1 Å². The Morgan fingerprint density at radius 3 is 2.18 bits per heavy atom. The molecule has 0 unspecified atom stereocenters. The molecule has 4 rings (SSSR count). The molecule has 0 spiro atoms. The number of amides is 1. The van der Waals surface area contributed by atoms with Crippen LogP contribution >= 0.6 is 0 Å². The van der Waals surface area contributed by atoms with E-state index < -0.39 is 12.5 Å². The average molecular weight is 448 g/mol. The van der Waals surface area contributed by atoms with E-state index in [-0.39, 0.29) is 17.4 Å². The second-order valence-electron chi connectivity index (χ2n) is 6.99. The van der Waals surface area contributed by atoms with Crippen LogP contribution in [0.4, 0.5) is 14.5 Å². The second kappa shape index (κ2) is 9.39. The van der Waals surface area contributed by atoms with Crippen molar-refractivity contribution in [1.82, 2.24) is 14.8 Å². The zero-order valence-corrected chi connectivity index (χ0v) is 17.4. The standard InChI is InChI=1S/C24H18F2N4O3/c1-15-27-22(29-30(15)19-11-13-20(14-12-19)33-24(25)26)23(32)28-18-9-7-17(8-10-18)21(31)16-5-3-2-4-6-16/h2-14,24H,1H3,(H,28,32).